The molecule has 288 valence electrons. The van der Waals surface area contributed by atoms with Crippen LogP contribution in [0.1, 0.15) is 104 Å². The zero-order valence-corrected chi connectivity index (χ0v) is 44.4. The Kier molecular flexibility index (Phi) is 26.0. The van der Waals surface area contributed by atoms with Crippen LogP contribution in [0.4, 0.5) is 0 Å². The van der Waals surface area contributed by atoms with Crippen molar-refractivity contribution in [2.24, 2.45) is 0 Å². The van der Waals surface area contributed by atoms with Gasteiger partial charge < -0.3 is 35.5 Å². The first kappa shape index (κ1) is 53.2. The first-order valence-electron chi connectivity index (χ1n) is 17.9. The molecule has 7 rings (SSSR count). The number of carbonyl (C=O) groups is 1. The van der Waals surface area contributed by atoms with E-state index in [1.807, 2.05) is 37.3 Å². The summed E-state index contributed by atoms with van der Waals surface area (Å²) in [6.45, 7) is 14.2. The van der Waals surface area contributed by atoms with Gasteiger partial charge in [0.25, 0.3) is 6.47 Å². The predicted octanol–water partition coefficient (Wildman–Crippen LogP) is 3.87. The Labute approximate surface area is 435 Å². The number of ether oxygens (including phenoxy) is 2. The van der Waals surface area contributed by atoms with Crippen molar-refractivity contribution in [1.82, 2.24) is 0 Å². The number of phenols is 1. The van der Waals surface area contributed by atoms with Crippen LogP contribution in [0, 0.1) is 20.8 Å². The molecule has 8 nitrogen and oxygen atoms in total. The van der Waals surface area contributed by atoms with E-state index >= 15 is 0 Å². The van der Waals surface area contributed by atoms with Crippen LogP contribution in [0.25, 0.3) is 0 Å². The predicted molar refractivity (Wildman–Crippen MR) is 218 cm³/mol. The molecule has 3 aromatic rings. The van der Waals surface area contributed by atoms with E-state index in [0.717, 1.165) is 41.9 Å². The molecule has 1 saturated heterocycles. The summed E-state index contributed by atoms with van der Waals surface area (Å²) < 4.78 is 26.1. The Balaban J connectivity index is 0.000000737. The van der Waals surface area contributed by atoms with Crippen molar-refractivity contribution in [2.45, 2.75) is 134 Å². The number of halogens is 3. The number of rotatable bonds is 6. The summed E-state index contributed by atoms with van der Waals surface area (Å²) in [5.41, 5.74) is 3.71. The van der Waals surface area contributed by atoms with E-state index < -0.39 is 0 Å². The third kappa shape index (κ3) is 17.8. The molecule has 1 N–H and O–H groups in total. The molecule has 1 heterocycles. The fraction of sp³-hybridized carbons (Fsp3) is 0.525. The van der Waals surface area contributed by atoms with Gasteiger partial charge in [-0.2, -0.15) is 0 Å². The number of aryl methyl sites for hydroxylation is 3. The van der Waals surface area contributed by atoms with Crippen molar-refractivity contribution >= 4 is 66.8 Å². The van der Waals surface area contributed by atoms with E-state index in [1.54, 1.807) is 6.07 Å². The summed E-state index contributed by atoms with van der Waals surface area (Å²) in [5, 5.41) is 17.5. The number of alkyl halides is 1. The maximum Gasteiger partial charge on any atom is 1.00 e. The minimum absolute atomic E-state index is 0. The molecule has 1 aliphatic heterocycles. The average molecular weight is 992 g/mol. The zero-order chi connectivity index (χ0) is 38.5. The Bertz CT molecular complexity index is 1560. The van der Waals surface area contributed by atoms with E-state index in [-0.39, 0.29) is 129 Å². The summed E-state index contributed by atoms with van der Waals surface area (Å²) in [4.78, 5) is 12.1. The molecular formula is C40H54BBr3K2O8. The third-order valence-corrected chi connectivity index (χ3v) is 11.7. The molecule has 0 unspecified atom stereocenters. The van der Waals surface area contributed by atoms with Crippen LogP contribution >= 0.6 is 47.8 Å². The molecule has 0 radical (unpaired) electrons. The molecule has 4 fully saturated rings. The Hall–Kier alpha value is 1.19. The number of benzene rings is 3. The first-order chi connectivity index (χ1) is 24.5. The number of hydrogen-bond donors (Lipinski definition) is 1. The minimum Gasteiger partial charge on any atom is -1.00 e. The second kappa shape index (κ2) is 26.4. The molecule has 4 aliphatic rings. The van der Waals surface area contributed by atoms with Crippen molar-refractivity contribution in [3.8, 4) is 17.2 Å². The van der Waals surface area contributed by atoms with E-state index in [9.17, 15) is 0 Å². The summed E-state index contributed by atoms with van der Waals surface area (Å²) in [6.07, 6.45) is 12.5. The molecule has 0 spiro atoms. The largest absolute Gasteiger partial charge is 1.00 e. The molecule has 0 bridgehead atoms. The number of phenolic OH excluding ortho intramolecular Hbond substituents is 1. The van der Waals surface area contributed by atoms with Crippen LogP contribution in [0.5, 0.6) is 17.2 Å². The van der Waals surface area contributed by atoms with E-state index in [1.165, 1.54) is 63.4 Å². The normalized spacial score (nSPS) is 17.7. The summed E-state index contributed by atoms with van der Waals surface area (Å²) in [5.74, 6) is 2.37. The van der Waals surface area contributed by atoms with Crippen molar-refractivity contribution in [3.05, 3.63) is 80.2 Å². The van der Waals surface area contributed by atoms with Gasteiger partial charge in [0.1, 0.15) is 17.2 Å². The molecule has 3 saturated carbocycles. The van der Waals surface area contributed by atoms with Crippen LogP contribution in [0.2, 0.25) is 0 Å². The summed E-state index contributed by atoms with van der Waals surface area (Å²) in [6, 6.07) is 17.7. The Morgan fingerprint density at radius 2 is 1.13 bits per heavy atom. The number of aromatic hydroxyl groups is 1. The molecule has 3 aromatic carbocycles. The molecule has 0 amide bonds. The standard InChI is InChI=1S/C17H25BO3.C11H13BrO.C7H7BrO.C4H7Br.CH2O3.2K.H/c1-12-11-13(9-10-15(12)19-14-7-6-8-14)18-20-16(2,3)17(4,5)21-18;1-8-7-9(12)5-6-11(8)13-10-3-2-4-10;1-5-4-6(8)2-3-7(5)9;5-4-2-1-3-4;2-1-4-3;;;/h9-11,14H,6-8H2,1-5H3;5-7,10H,2-4H2,1H3;2-4,9H,1H3;4H,1-3H2;1,3H;;;/q;;;;;2*+1;-1/p-1. The van der Waals surface area contributed by atoms with Crippen molar-refractivity contribution in [3.63, 3.8) is 0 Å². The molecule has 14 heteroatoms. The van der Waals surface area contributed by atoms with Gasteiger partial charge in [-0.1, -0.05) is 66.3 Å². The quantitative estimate of drug-likeness (QED) is 0.131. The van der Waals surface area contributed by atoms with Crippen molar-refractivity contribution < 1.29 is 143 Å². The molecule has 3 aliphatic carbocycles. The van der Waals surface area contributed by atoms with Crippen molar-refractivity contribution in [2.75, 3.05) is 0 Å². The van der Waals surface area contributed by atoms with Gasteiger partial charge in [-0.15, -0.1) is 0 Å². The van der Waals surface area contributed by atoms with Crippen LogP contribution in [-0.4, -0.2) is 46.9 Å². The van der Waals surface area contributed by atoms with Gasteiger partial charge in [0.2, 0.25) is 0 Å². The SMILES string of the molecule is BrC1CCC1.Cc1cc(B2OC(C)(C)C(C)(C)O2)ccc1OC1CCC1.Cc1cc(Br)ccc1O.Cc1cc(Br)ccc1OC1CCC1.O=CO[O-].[H-].[K+].[K+]. The Morgan fingerprint density at radius 3 is 1.44 bits per heavy atom. The van der Waals surface area contributed by atoms with Crippen LogP contribution < -0.4 is 123 Å². The topological polar surface area (TPSA) is 107 Å². The van der Waals surface area contributed by atoms with Gasteiger partial charge in [0.15, 0.2) is 0 Å². The average Bonchev–Trinajstić information content (AvgIpc) is 3.26. The minimum atomic E-state index is -0.300. The molecular weight excluding hydrogens is 937 g/mol. The van der Waals surface area contributed by atoms with Crippen LogP contribution in [-0.2, 0) is 19.0 Å². The fourth-order valence-corrected chi connectivity index (χ4v) is 6.59. The van der Waals surface area contributed by atoms with Crippen LogP contribution in [0.15, 0.2) is 63.5 Å². The monoisotopic (exact) mass is 988 g/mol. The molecule has 0 atom stereocenters. The second-order valence-electron chi connectivity index (χ2n) is 14.5. The Morgan fingerprint density at radius 1 is 0.741 bits per heavy atom. The zero-order valence-electron chi connectivity index (χ0n) is 34.4. The summed E-state index contributed by atoms with van der Waals surface area (Å²) in [7, 11) is -0.300. The summed E-state index contributed by atoms with van der Waals surface area (Å²) >= 11 is 10.2. The molecule has 54 heavy (non-hydrogen) atoms. The van der Waals surface area contributed by atoms with E-state index in [2.05, 4.69) is 112 Å². The van der Waals surface area contributed by atoms with Crippen LogP contribution in [0.3, 0.4) is 0 Å². The number of carbonyl (C=O) groups excluding carboxylic acids is 1. The fourth-order valence-electron chi connectivity index (χ4n) is 4.99. The van der Waals surface area contributed by atoms with Gasteiger partial charge in [0, 0.05) is 13.8 Å². The third-order valence-electron chi connectivity index (χ3n) is 9.79. The van der Waals surface area contributed by atoms with Gasteiger partial charge in [-0.05, 0) is 164 Å². The van der Waals surface area contributed by atoms with Crippen molar-refractivity contribution in [1.29, 1.82) is 0 Å². The maximum absolute atomic E-state index is 9.02. The first-order valence-corrected chi connectivity index (χ1v) is 20.4. The van der Waals surface area contributed by atoms with E-state index in [4.69, 9.17) is 33.9 Å². The molecule has 0 aromatic heterocycles. The van der Waals surface area contributed by atoms with Gasteiger partial charge >= 0.3 is 110 Å². The van der Waals surface area contributed by atoms with Gasteiger partial charge in [-0.3, -0.25) is 4.79 Å². The number of hydrogen-bond acceptors (Lipinski definition) is 8. The smallest absolute Gasteiger partial charge is 1.00 e. The van der Waals surface area contributed by atoms with Gasteiger partial charge in [-0.25, -0.2) is 0 Å². The maximum atomic E-state index is 9.02. The van der Waals surface area contributed by atoms with Gasteiger partial charge in [0.05, 0.1) is 23.4 Å². The van der Waals surface area contributed by atoms with E-state index in [0.29, 0.717) is 18.0 Å². The second-order valence-corrected chi connectivity index (χ2v) is 17.6.